The van der Waals surface area contributed by atoms with Gasteiger partial charge in [0, 0.05) is 28.5 Å². The topological polar surface area (TPSA) is 30.7 Å². The lowest BCUT2D eigenvalue weighted by Crippen LogP contribution is -2.00. The van der Waals surface area contributed by atoms with E-state index in [0.717, 1.165) is 44.4 Å². The largest absolute Gasteiger partial charge is 0.256 e. The SMILES string of the molecule is C=Cc1cc(-c2c(C)c(-c3ccccc3)nn2C(=C)SC=C(C)C)cnc1/C=C\C. The van der Waals surface area contributed by atoms with E-state index < -0.39 is 0 Å². The van der Waals surface area contributed by atoms with E-state index in [1.165, 1.54) is 5.57 Å². The maximum Gasteiger partial charge on any atom is 0.0963 e. The molecule has 3 rings (SSSR count). The third-order valence-electron chi connectivity index (χ3n) is 4.60. The van der Waals surface area contributed by atoms with Crippen LogP contribution >= 0.6 is 11.8 Å². The molecule has 3 aromatic rings. The maximum atomic E-state index is 4.95. The Hall–Kier alpha value is -3.11. The van der Waals surface area contributed by atoms with Crippen molar-refractivity contribution in [2.45, 2.75) is 27.7 Å². The first kappa shape index (κ1) is 21.6. The van der Waals surface area contributed by atoms with Gasteiger partial charge in [0.1, 0.15) is 0 Å². The van der Waals surface area contributed by atoms with E-state index in [-0.39, 0.29) is 0 Å². The van der Waals surface area contributed by atoms with Crippen LogP contribution in [0.4, 0.5) is 0 Å². The van der Waals surface area contributed by atoms with E-state index in [0.29, 0.717) is 0 Å². The molecule has 0 N–H and O–H groups in total. The molecule has 0 fully saturated rings. The fraction of sp³-hybridized carbons (Fsp3) is 0.154. The maximum absolute atomic E-state index is 4.95. The first-order chi connectivity index (χ1) is 14.5. The molecule has 2 heterocycles. The van der Waals surface area contributed by atoms with Crippen LogP contribution in [-0.4, -0.2) is 14.8 Å². The zero-order chi connectivity index (χ0) is 21.7. The first-order valence-electron chi connectivity index (χ1n) is 9.86. The molecule has 1 aromatic carbocycles. The lowest BCUT2D eigenvalue weighted by molar-refractivity contribution is 0.938. The predicted molar refractivity (Wildman–Crippen MR) is 133 cm³/mol. The summed E-state index contributed by atoms with van der Waals surface area (Å²) in [6.45, 7) is 16.5. The van der Waals surface area contributed by atoms with Crippen molar-refractivity contribution < 1.29 is 0 Å². The lowest BCUT2D eigenvalue weighted by atomic mass is 10.0. The second-order valence-electron chi connectivity index (χ2n) is 7.21. The van der Waals surface area contributed by atoms with Gasteiger partial charge in [0.15, 0.2) is 0 Å². The first-order valence-corrected chi connectivity index (χ1v) is 10.7. The molecule has 0 unspecified atom stereocenters. The minimum Gasteiger partial charge on any atom is -0.256 e. The average Bonchev–Trinajstić information content (AvgIpc) is 3.10. The Morgan fingerprint density at radius 1 is 1.13 bits per heavy atom. The van der Waals surface area contributed by atoms with Crippen LogP contribution in [-0.2, 0) is 0 Å². The van der Waals surface area contributed by atoms with E-state index in [4.69, 9.17) is 5.10 Å². The quantitative estimate of drug-likeness (QED) is 0.398. The van der Waals surface area contributed by atoms with Crippen LogP contribution in [0.3, 0.4) is 0 Å². The number of hydrogen-bond acceptors (Lipinski definition) is 3. The van der Waals surface area contributed by atoms with Gasteiger partial charge in [-0.2, -0.15) is 5.10 Å². The summed E-state index contributed by atoms with van der Waals surface area (Å²) in [5.41, 5.74) is 8.22. The van der Waals surface area contributed by atoms with Crippen LogP contribution < -0.4 is 0 Å². The molecule has 0 aliphatic carbocycles. The van der Waals surface area contributed by atoms with Crippen molar-refractivity contribution in [1.82, 2.24) is 14.8 Å². The van der Waals surface area contributed by atoms with Gasteiger partial charge in [-0.15, -0.1) is 0 Å². The van der Waals surface area contributed by atoms with Gasteiger partial charge < -0.3 is 0 Å². The Labute approximate surface area is 183 Å². The van der Waals surface area contributed by atoms with E-state index in [1.54, 1.807) is 11.8 Å². The van der Waals surface area contributed by atoms with E-state index >= 15 is 0 Å². The van der Waals surface area contributed by atoms with Crippen molar-refractivity contribution in [2.24, 2.45) is 0 Å². The average molecular weight is 414 g/mol. The number of benzene rings is 1. The molecule has 0 saturated heterocycles. The van der Waals surface area contributed by atoms with Gasteiger partial charge in [-0.25, -0.2) is 4.68 Å². The summed E-state index contributed by atoms with van der Waals surface area (Å²) in [6.07, 6.45) is 7.71. The Morgan fingerprint density at radius 2 is 1.87 bits per heavy atom. The molecule has 0 radical (unpaired) electrons. The van der Waals surface area contributed by atoms with Crippen LogP contribution in [0.5, 0.6) is 0 Å². The number of thioether (sulfide) groups is 1. The number of pyridine rings is 1. The van der Waals surface area contributed by atoms with Gasteiger partial charge in [0.25, 0.3) is 0 Å². The molecular formula is C26H27N3S. The van der Waals surface area contributed by atoms with Crippen LogP contribution in [0.25, 0.3) is 39.7 Å². The second-order valence-corrected chi connectivity index (χ2v) is 8.15. The van der Waals surface area contributed by atoms with Gasteiger partial charge in [-0.3, -0.25) is 4.98 Å². The van der Waals surface area contributed by atoms with Crippen molar-refractivity contribution in [2.75, 3.05) is 0 Å². The lowest BCUT2D eigenvalue weighted by Gasteiger charge is -2.11. The van der Waals surface area contributed by atoms with Crippen LogP contribution in [0, 0.1) is 6.92 Å². The molecule has 4 heteroatoms. The number of allylic oxidation sites excluding steroid dienone is 2. The summed E-state index contributed by atoms with van der Waals surface area (Å²) in [5, 5.41) is 7.88. The fourth-order valence-corrected chi connectivity index (χ4v) is 3.81. The number of nitrogens with zero attached hydrogens (tertiary/aromatic N) is 3. The Balaban J connectivity index is 2.21. The van der Waals surface area contributed by atoms with Gasteiger partial charge in [-0.1, -0.05) is 73.0 Å². The summed E-state index contributed by atoms with van der Waals surface area (Å²) in [5.74, 6) is 0. The highest BCUT2D eigenvalue weighted by atomic mass is 32.2. The summed E-state index contributed by atoms with van der Waals surface area (Å²) in [7, 11) is 0. The number of hydrogen-bond donors (Lipinski definition) is 0. The Bertz CT molecular complexity index is 1130. The predicted octanol–water partition coefficient (Wildman–Crippen LogP) is 7.68. The molecule has 2 aromatic heterocycles. The smallest absolute Gasteiger partial charge is 0.0963 e. The van der Waals surface area contributed by atoms with Crippen molar-refractivity contribution in [3.05, 3.63) is 89.6 Å². The zero-order valence-electron chi connectivity index (χ0n) is 18.0. The highest BCUT2D eigenvalue weighted by Crippen LogP contribution is 2.36. The number of rotatable bonds is 7. The molecule has 152 valence electrons. The fourth-order valence-electron chi connectivity index (χ4n) is 3.20. The number of aromatic nitrogens is 3. The normalized spacial score (nSPS) is 10.9. The molecular weight excluding hydrogens is 386 g/mol. The highest BCUT2D eigenvalue weighted by molar-refractivity contribution is 8.10. The minimum absolute atomic E-state index is 0.842. The molecule has 3 nitrogen and oxygen atoms in total. The molecule has 0 bridgehead atoms. The molecule has 0 saturated carbocycles. The summed E-state index contributed by atoms with van der Waals surface area (Å²) in [6, 6.07) is 12.4. The van der Waals surface area contributed by atoms with E-state index in [9.17, 15) is 0 Å². The summed E-state index contributed by atoms with van der Waals surface area (Å²) >= 11 is 1.58. The Kier molecular flexibility index (Phi) is 6.91. The molecule has 30 heavy (non-hydrogen) atoms. The third-order valence-corrected chi connectivity index (χ3v) is 5.64. The third kappa shape index (κ3) is 4.55. The van der Waals surface area contributed by atoms with Crippen LogP contribution in [0.2, 0.25) is 0 Å². The molecule has 0 aliphatic heterocycles. The molecule has 0 atom stereocenters. The van der Waals surface area contributed by atoms with Gasteiger partial charge in [0.2, 0.25) is 0 Å². The van der Waals surface area contributed by atoms with E-state index in [2.05, 4.69) is 62.5 Å². The second kappa shape index (κ2) is 9.59. The monoisotopic (exact) mass is 413 g/mol. The minimum atomic E-state index is 0.842. The van der Waals surface area contributed by atoms with E-state index in [1.807, 2.05) is 54.2 Å². The molecule has 0 spiro atoms. The van der Waals surface area contributed by atoms with Gasteiger partial charge in [-0.05, 0) is 45.2 Å². The van der Waals surface area contributed by atoms with Crippen molar-refractivity contribution >= 4 is 28.9 Å². The highest BCUT2D eigenvalue weighted by Gasteiger charge is 2.20. The Morgan fingerprint density at radius 3 is 2.50 bits per heavy atom. The van der Waals surface area contributed by atoms with Gasteiger partial charge >= 0.3 is 0 Å². The van der Waals surface area contributed by atoms with Crippen molar-refractivity contribution in [1.29, 1.82) is 0 Å². The summed E-state index contributed by atoms with van der Waals surface area (Å²) in [4.78, 5) is 4.67. The standard InChI is InChI=1S/C26H27N3S/c1-7-12-24-21(8-2)15-23(16-27-24)26-19(5)25(22-13-10-9-11-14-22)28-29(26)20(6)30-17-18(3)4/h7-17H,2,6H2,1,3-5H3/b12-7-. The van der Waals surface area contributed by atoms with Crippen LogP contribution in [0.15, 0.2) is 72.8 Å². The molecule has 0 amide bonds. The molecule has 0 aliphatic rings. The zero-order valence-corrected chi connectivity index (χ0v) is 18.8. The van der Waals surface area contributed by atoms with Crippen molar-refractivity contribution in [3.63, 3.8) is 0 Å². The van der Waals surface area contributed by atoms with Crippen LogP contribution in [0.1, 0.15) is 37.6 Å². The summed E-state index contributed by atoms with van der Waals surface area (Å²) < 4.78 is 1.93. The van der Waals surface area contributed by atoms with Crippen molar-refractivity contribution in [3.8, 4) is 22.5 Å². The van der Waals surface area contributed by atoms with Gasteiger partial charge in [0.05, 0.1) is 22.1 Å².